The van der Waals surface area contributed by atoms with Crippen LogP contribution in [0.5, 0.6) is 0 Å². The number of esters is 4. The largest absolute Gasteiger partial charge is 3.00 e. The van der Waals surface area contributed by atoms with Crippen molar-refractivity contribution in [3.05, 3.63) is 6.61 Å². The fraction of sp³-hybridized carbons (Fsp3) is 0.762. The van der Waals surface area contributed by atoms with Gasteiger partial charge in [-0.25, -0.2) is 6.61 Å². The maximum absolute atomic E-state index is 11.9. The number of hydrogen-bond donors (Lipinski definition) is 1. The molecule has 0 aromatic rings. The molecule has 13 nitrogen and oxygen atoms in total. The Balaban J connectivity index is 0. The summed E-state index contributed by atoms with van der Waals surface area (Å²) in [7, 11) is 6.98. The second-order valence-corrected chi connectivity index (χ2v) is 7.51. The van der Waals surface area contributed by atoms with Crippen LogP contribution >= 0.6 is 0 Å². The molecule has 0 aliphatic carbocycles. The van der Waals surface area contributed by atoms with Gasteiger partial charge in [0.1, 0.15) is 0 Å². The van der Waals surface area contributed by atoms with E-state index < -0.39 is 17.9 Å². The minimum absolute atomic E-state index is 0. The maximum atomic E-state index is 11.9. The molecule has 0 spiro atoms. The number of carbonyl (C=O) groups is 4. The van der Waals surface area contributed by atoms with E-state index in [-0.39, 0.29) is 71.4 Å². The molecule has 0 amide bonds. The number of likely N-dealkylation sites (N-methyl/N-ethyl adjacent to an activating group) is 1. The van der Waals surface area contributed by atoms with Crippen molar-refractivity contribution in [1.29, 1.82) is 0 Å². The van der Waals surface area contributed by atoms with Gasteiger partial charge in [0.2, 0.25) is 0 Å². The molecule has 0 atom stereocenters. The van der Waals surface area contributed by atoms with Gasteiger partial charge >= 0.3 is 56.6 Å². The monoisotopic (exact) mass is 580 g/mol. The Bertz CT molecular complexity index is 628. The van der Waals surface area contributed by atoms with Gasteiger partial charge in [-0.15, -0.1) is 6.54 Å². The van der Waals surface area contributed by atoms with Crippen molar-refractivity contribution in [2.24, 2.45) is 0 Å². The number of aliphatic hydroxyl groups excluding tert-OH is 1. The standard InChI is InChI=1S/C21H39N4O9.Y/c1-22(14-18(27)31-2)6-7-23(15-19(28)32-3)8-9-24(16-20(29)33-4)10-11-25(12-13-26)17-21(30)34-5;/h13,26H,6-12,14-17H2,1-5H3;/q-1;+3. The smallest absolute Gasteiger partial charge is 0.565 e. The predicted octanol–water partition coefficient (Wildman–Crippen LogP) is -1.95. The topological polar surface area (TPSA) is 138 Å². The van der Waals surface area contributed by atoms with E-state index in [1.165, 1.54) is 28.4 Å². The Morgan fingerprint density at radius 3 is 1.29 bits per heavy atom. The number of rotatable bonds is 19. The van der Waals surface area contributed by atoms with Crippen molar-refractivity contribution in [3.8, 4) is 0 Å². The van der Waals surface area contributed by atoms with Crippen LogP contribution in [0.15, 0.2) is 0 Å². The second kappa shape index (κ2) is 22.0. The van der Waals surface area contributed by atoms with Crippen molar-refractivity contribution in [2.75, 3.05) is 107 Å². The van der Waals surface area contributed by atoms with Crippen LogP contribution in [-0.2, 0) is 70.8 Å². The van der Waals surface area contributed by atoms with Gasteiger partial charge in [-0.3, -0.25) is 33.9 Å². The van der Waals surface area contributed by atoms with Crippen LogP contribution in [0, 0.1) is 6.61 Å². The summed E-state index contributed by atoms with van der Waals surface area (Å²) >= 11 is 0. The molecule has 0 bridgehead atoms. The molecule has 0 aromatic carbocycles. The molecule has 0 radical (unpaired) electrons. The third-order valence-electron chi connectivity index (χ3n) is 4.97. The molecule has 0 saturated carbocycles. The molecule has 0 fully saturated rings. The summed E-state index contributed by atoms with van der Waals surface area (Å²) in [5, 5.41) is 9.14. The van der Waals surface area contributed by atoms with E-state index in [2.05, 4.69) is 9.47 Å². The number of aliphatic hydroxyl groups is 1. The van der Waals surface area contributed by atoms with Crippen molar-refractivity contribution in [2.45, 2.75) is 0 Å². The van der Waals surface area contributed by atoms with Gasteiger partial charge in [-0.1, -0.05) is 0 Å². The van der Waals surface area contributed by atoms with Gasteiger partial charge in [-0.05, 0) is 7.05 Å². The second-order valence-electron chi connectivity index (χ2n) is 7.51. The fourth-order valence-corrected chi connectivity index (χ4v) is 2.87. The number of ether oxygens (including phenoxy) is 4. The predicted molar refractivity (Wildman–Crippen MR) is 121 cm³/mol. The maximum Gasteiger partial charge on any atom is 3.00 e. The van der Waals surface area contributed by atoms with Crippen LogP contribution in [0.25, 0.3) is 0 Å². The average Bonchev–Trinajstić information content (AvgIpc) is 2.82. The van der Waals surface area contributed by atoms with Crippen LogP contribution in [0.4, 0.5) is 0 Å². The van der Waals surface area contributed by atoms with Crippen molar-refractivity contribution < 1.29 is 75.9 Å². The van der Waals surface area contributed by atoms with Gasteiger partial charge in [0.15, 0.2) is 0 Å². The molecule has 14 heteroatoms. The van der Waals surface area contributed by atoms with Gasteiger partial charge < -0.3 is 29.0 Å². The third-order valence-corrected chi connectivity index (χ3v) is 4.97. The van der Waals surface area contributed by atoms with E-state index in [1.54, 1.807) is 16.8 Å². The minimum Gasteiger partial charge on any atom is -0.565 e. The van der Waals surface area contributed by atoms with Gasteiger partial charge in [-0.2, -0.15) is 0 Å². The van der Waals surface area contributed by atoms with Crippen LogP contribution in [0.1, 0.15) is 0 Å². The van der Waals surface area contributed by atoms with E-state index in [0.29, 0.717) is 39.3 Å². The zero-order chi connectivity index (χ0) is 25.9. The van der Waals surface area contributed by atoms with E-state index in [0.717, 1.165) is 6.61 Å². The first-order chi connectivity index (χ1) is 16.2. The molecule has 0 heterocycles. The van der Waals surface area contributed by atoms with E-state index >= 15 is 0 Å². The number of carbonyl (C=O) groups excluding carboxylic acids is 4. The summed E-state index contributed by atoms with van der Waals surface area (Å²) in [5.41, 5.74) is 0. The summed E-state index contributed by atoms with van der Waals surface area (Å²) in [6, 6.07) is 0. The summed E-state index contributed by atoms with van der Waals surface area (Å²) in [6.45, 7) is 3.86. The van der Waals surface area contributed by atoms with Crippen LogP contribution in [0.3, 0.4) is 0 Å². The zero-order valence-electron chi connectivity index (χ0n) is 21.4. The SMILES string of the molecule is COC(=O)CN(C)CCN(CCN(CCN(C[CH-]O)CC(=O)OC)CC(=O)OC)CC(=O)OC.[Y+3]. The van der Waals surface area contributed by atoms with E-state index in [9.17, 15) is 19.2 Å². The molecule has 0 unspecified atom stereocenters. The van der Waals surface area contributed by atoms with Crippen molar-refractivity contribution in [3.63, 3.8) is 0 Å². The zero-order valence-corrected chi connectivity index (χ0v) is 24.3. The van der Waals surface area contributed by atoms with Crippen molar-refractivity contribution >= 4 is 23.9 Å². The fourth-order valence-electron chi connectivity index (χ4n) is 2.87. The van der Waals surface area contributed by atoms with Crippen LogP contribution in [0.2, 0.25) is 0 Å². The minimum atomic E-state index is -0.443. The first-order valence-electron chi connectivity index (χ1n) is 10.8. The summed E-state index contributed by atoms with van der Waals surface area (Å²) in [4.78, 5) is 53.9. The first kappa shape index (κ1) is 35.9. The molecular weight excluding hydrogens is 541 g/mol. The molecule has 35 heavy (non-hydrogen) atoms. The van der Waals surface area contributed by atoms with E-state index in [4.69, 9.17) is 14.6 Å². The number of hydrogen-bond acceptors (Lipinski definition) is 13. The van der Waals surface area contributed by atoms with Gasteiger partial charge in [0.25, 0.3) is 0 Å². The summed E-state index contributed by atoms with van der Waals surface area (Å²) in [6.07, 6.45) is 0. The Hall–Kier alpha value is -1.22. The Morgan fingerprint density at radius 1 is 0.600 bits per heavy atom. The number of methoxy groups -OCH3 is 4. The molecule has 1 N–H and O–H groups in total. The average molecular weight is 580 g/mol. The van der Waals surface area contributed by atoms with Gasteiger partial charge in [0.05, 0.1) is 54.6 Å². The van der Waals surface area contributed by atoms with Crippen molar-refractivity contribution in [1.82, 2.24) is 19.6 Å². The third kappa shape index (κ3) is 18.7. The van der Waals surface area contributed by atoms with Crippen LogP contribution in [-0.4, -0.2) is 156 Å². The van der Waals surface area contributed by atoms with Crippen LogP contribution < -0.4 is 0 Å². The normalized spacial score (nSPS) is 10.9. The molecular formula is C21H39N4O9Y+2. The van der Waals surface area contributed by atoms with Gasteiger partial charge in [0, 0.05) is 39.3 Å². The Kier molecular flexibility index (Phi) is 22.6. The molecule has 0 aliphatic rings. The molecule has 0 rings (SSSR count). The Morgan fingerprint density at radius 2 is 0.914 bits per heavy atom. The molecule has 0 aromatic heterocycles. The molecule has 198 valence electrons. The summed E-state index contributed by atoms with van der Waals surface area (Å²) in [5.74, 6) is -1.63. The first-order valence-corrected chi connectivity index (χ1v) is 10.8. The molecule has 0 saturated heterocycles. The Labute approximate surface area is 232 Å². The number of nitrogens with zero attached hydrogens (tertiary/aromatic N) is 4. The molecule has 0 aliphatic heterocycles. The quantitative estimate of drug-likeness (QED) is 0.103. The summed E-state index contributed by atoms with van der Waals surface area (Å²) < 4.78 is 18.9. The van der Waals surface area contributed by atoms with E-state index in [1.807, 2.05) is 9.80 Å².